The molecule has 394 valence electrons. The van der Waals surface area contributed by atoms with E-state index in [-0.39, 0.29) is 13.2 Å². The Balaban J connectivity index is 1.62. The fraction of sp³-hybridized carbons (Fsp3) is 0.667. The zero-order valence-electron chi connectivity index (χ0n) is 40.5. The molecule has 4 saturated heterocycles. The molecule has 4 fully saturated rings. The summed E-state index contributed by atoms with van der Waals surface area (Å²) in [7, 11) is 1.09. The maximum absolute atomic E-state index is 13.1. The molecule has 4 aliphatic heterocycles. The first-order chi connectivity index (χ1) is 33.5. The zero-order valence-corrected chi connectivity index (χ0v) is 40.5. The first-order valence-corrected chi connectivity index (χ1v) is 22.1. The molecule has 0 spiro atoms. The second-order valence-corrected chi connectivity index (χ2v) is 16.5. The number of ether oxygens (including phenoxy) is 17. The molecule has 0 radical (unpaired) electrons. The van der Waals surface area contributed by atoms with Crippen LogP contribution in [-0.2, 0) is 130 Å². The summed E-state index contributed by atoms with van der Waals surface area (Å²) in [5.74, 6) is -10.5. The van der Waals surface area contributed by atoms with Crippen LogP contribution in [0.3, 0.4) is 0 Å². The highest BCUT2D eigenvalue weighted by molar-refractivity contribution is 5.77. The highest BCUT2D eigenvalue weighted by atomic mass is 16.9. The molecule has 1 aromatic carbocycles. The van der Waals surface area contributed by atoms with Gasteiger partial charge in [-0.2, -0.15) is 0 Å². The van der Waals surface area contributed by atoms with Gasteiger partial charge in [0.05, 0.1) is 20.3 Å². The molecular formula is C45H58O26. The molecule has 7 unspecified atom stereocenters. The van der Waals surface area contributed by atoms with Crippen LogP contribution in [0.15, 0.2) is 30.3 Å². The van der Waals surface area contributed by atoms with Gasteiger partial charge in [0.2, 0.25) is 0 Å². The van der Waals surface area contributed by atoms with Gasteiger partial charge in [-0.3, -0.25) is 38.4 Å². The Morgan fingerprint density at radius 1 is 0.479 bits per heavy atom. The fourth-order valence-electron chi connectivity index (χ4n) is 8.12. The Kier molecular flexibility index (Phi) is 19.7. The van der Waals surface area contributed by atoms with Gasteiger partial charge in [-0.25, -0.2) is 4.79 Å². The van der Waals surface area contributed by atoms with Crippen LogP contribution in [0.2, 0.25) is 0 Å². The average Bonchev–Trinajstić information content (AvgIpc) is 3.63. The largest absolute Gasteiger partial charge is 0.465 e. The fourth-order valence-corrected chi connectivity index (χ4v) is 8.12. The number of esters is 9. The molecule has 26 nitrogen and oxygen atoms in total. The third-order valence-corrected chi connectivity index (χ3v) is 10.7. The van der Waals surface area contributed by atoms with Crippen molar-refractivity contribution in [3.05, 3.63) is 35.9 Å². The van der Waals surface area contributed by atoms with Gasteiger partial charge in [0.1, 0.15) is 43.7 Å². The maximum atomic E-state index is 13.1. The molecule has 4 heterocycles. The van der Waals surface area contributed by atoms with Gasteiger partial charge in [0.25, 0.3) is 5.79 Å². The van der Waals surface area contributed by atoms with Crippen LogP contribution in [0.25, 0.3) is 0 Å². The summed E-state index contributed by atoms with van der Waals surface area (Å²) in [5, 5.41) is 0. The van der Waals surface area contributed by atoms with Gasteiger partial charge < -0.3 is 80.5 Å². The van der Waals surface area contributed by atoms with Crippen molar-refractivity contribution in [2.75, 3.05) is 26.9 Å². The summed E-state index contributed by atoms with van der Waals surface area (Å²) in [4.78, 5) is 114. The van der Waals surface area contributed by atoms with Crippen molar-refractivity contribution in [1.29, 1.82) is 0 Å². The molecule has 26 heteroatoms. The number of fused-ring (bicyclic) bond motifs is 1. The first kappa shape index (κ1) is 56.0. The molecule has 16 atom stereocenters. The predicted octanol–water partition coefficient (Wildman–Crippen LogP) is 0.169. The van der Waals surface area contributed by atoms with E-state index in [4.69, 9.17) is 80.5 Å². The Morgan fingerprint density at radius 2 is 0.887 bits per heavy atom. The van der Waals surface area contributed by atoms with Gasteiger partial charge >= 0.3 is 53.7 Å². The molecule has 4 aliphatic rings. The normalized spacial score (nSPS) is 33.2. The van der Waals surface area contributed by atoms with E-state index in [1.54, 1.807) is 30.3 Å². The van der Waals surface area contributed by atoms with E-state index in [0.717, 1.165) is 68.1 Å². The Morgan fingerprint density at radius 3 is 1.35 bits per heavy atom. The first-order valence-electron chi connectivity index (χ1n) is 22.1. The summed E-state index contributed by atoms with van der Waals surface area (Å²) in [6.45, 7) is 7.75. The monoisotopic (exact) mass is 1010 g/mol. The SMILES string of the molecule is COC(=O)C1(C)OC2C(OC(C)=O)[C@H](O[C@@H]3OC(COC(C)=O)[C@H](O[C@H]4OC(COC(C)=O)[C@H](OC(C)=O)[C@@H](OC(C)=O)C4OC(C)=O)[C@@H](OC(C)=O)C3OC(C)=O)[C@H](COCc3ccccc3)O[C@@H]2O1. The number of hydrogen-bond donors (Lipinski definition) is 0. The van der Waals surface area contributed by atoms with Gasteiger partial charge in [-0.1, -0.05) is 30.3 Å². The van der Waals surface area contributed by atoms with Crippen LogP contribution in [-0.4, -0.2) is 179 Å². The Labute approximate surface area is 406 Å². The standard InChI is InChI=1S/C45H58O26/c1-20(46)57-18-30-32(59-22(3)48)35(60-23(4)49)38(63-26(7)52)41(65-30)69-34-31(19-58-21(2)47)66-42(39(64-27(8)53)36(34)61-24(5)50)68-33-29(17-56-16-28-14-12-11-13-15-28)67-43-40(37(33)62-25(6)51)70-45(9,71-43)44(54)55-10/h11-15,29-43H,16-19H2,1-10H3/t29-,30?,31?,32-,33+,34-,35+,36+,37?,38?,39?,40?,41+,42-,43+,45?/m0/s1. The topological polar surface area (TPSA) is 311 Å². The van der Waals surface area contributed by atoms with Gasteiger partial charge in [0.15, 0.2) is 61.6 Å². The number of rotatable bonds is 19. The molecule has 1 aromatic rings. The molecule has 0 saturated carbocycles. The number of carbonyl (C=O) groups is 9. The summed E-state index contributed by atoms with van der Waals surface area (Å²) in [5.41, 5.74) is 0.750. The molecule has 0 N–H and O–H groups in total. The highest BCUT2D eigenvalue weighted by Gasteiger charge is 2.63. The van der Waals surface area contributed by atoms with Crippen LogP contribution >= 0.6 is 0 Å². The second-order valence-electron chi connectivity index (χ2n) is 16.5. The van der Waals surface area contributed by atoms with Crippen LogP contribution < -0.4 is 0 Å². The predicted molar refractivity (Wildman–Crippen MR) is 225 cm³/mol. The molecule has 5 rings (SSSR count). The number of hydrogen-bond acceptors (Lipinski definition) is 26. The van der Waals surface area contributed by atoms with Crippen LogP contribution in [0, 0.1) is 0 Å². The molecular weight excluding hydrogens is 956 g/mol. The summed E-state index contributed by atoms with van der Waals surface area (Å²) >= 11 is 0. The maximum Gasteiger partial charge on any atom is 0.366 e. The van der Waals surface area contributed by atoms with E-state index in [9.17, 15) is 43.2 Å². The number of methoxy groups -OCH3 is 1. The number of carbonyl (C=O) groups excluding carboxylic acids is 9. The van der Waals surface area contributed by atoms with Crippen molar-refractivity contribution in [3.63, 3.8) is 0 Å². The molecule has 0 aliphatic carbocycles. The molecule has 0 amide bonds. The lowest BCUT2D eigenvalue weighted by Crippen LogP contribution is -2.68. The molecule has 0 aromatic heterocycles. The third-order valence-electron chi connectivity index (χ3n) is 10.7. The van der Waals surface area contributed by atoms with E-state index in [2.05, 4.69) is 0 Å². The van der Waals surface area contributed by atoms with Crippen molar-refractivity contribution in [2.45, 2.75) is 167 Å². The van der Waals surface area contributed by atoms with E-state index in [1.807, 2.05) is 0 Å². The minimum atomic E-state index is -2.09. The average molecular weight is 1010 g/mol. The lowest BCUT2D eigenvalue weighted by Gasteiger charge is -2.50. The quantitative estimate of drug-likeness (QED) is 0.132. The van der Waals surface area contributed by atoms with Crippen molar-refractivity contribution in [3.8, 4) is 0 Å². The Bertz CT molecular complexity index is 2080. The van der Waals surface area contributed by atoms with Gasteiger partial charge in [-0.15, -0.1) is 0 Å². The van der Waals surface area contributed by atoms with E-state index < -0.39 is 165 Å². The summed E-state index contributed by atoms with van der Waals surface area (Å²) in [6.07, 6.45) is -25.1. The van der Waals surface area contributed by atoms with Crippen molar-refractivity contribution < 1.29 is 124 Å². The summed E-state index contributed by atoms with van der Waals surface area (Å²) in [6, 6.07) is 8.96. The van der Waals surface area contributed by atoms with Crippen LogP contribution in [0.1, 0.15) is 67.9 Å². The minimum Gasteiger partial charge on any atom is -0.465 e. The van der Waals surface area contributed by atoms with E-state index in [1.165, 1.54) is 6.92 Å². The summed E-state index contributed by atoms with van der Waals surface area (Å²) < 4.78 is 99.3. The van der Waals surface area contributed by atoms with E-state index in [0.29, 0.717) is 0 Å². The zero-order chi connectivity index (χ0) is 52.3. The smallest absolute Gasteiger partial charge is 0.366 e. The van der Waals surface area contributed by atoms with Gasteiger partial charge in [-0.05, 0) is 5.56 Å². The molecule has 0 bridgehead atoms. The van der Waals surface area contributed by atoms with Gasteiger partial charge in [0, 0.05) is 62.3 Å². The van der Waals surface area contributed by atoms with Crippen molar-refractivity contribution in [1.82, 2.24) is 0 Å². The van der Waals surface area contributed by atoms with E-state index >= 15 is 0 Å². The Hall–Kier alpha value is -5.87. The second kappa shape index (κ2) is 25.0. The van der Waals surface area contributed by atoms with Crippen LogP contribution in [0.4, 0.5) is 0 Å². The van der Waals surface area contributed by atoms with Crippen molar-refractivity contribution >= 4 is 53.7 Å². The highest BCUT2D eigenvalue weighted by Crippen LogP contribution is 2.42. The van der Waals surface area contributed by atoms with Crippen LogP contribution in [0.5, 0.6) is 0 Å². The number of benzene rings is 1. The third kappa shape index (κ3) is 15.1. The lowest BCUT2D eigenvalue weighted by atomic mass is 9.95. The lowest BCUT2D eigenvalue weighted by molar-refractivity contribution is -0.375. The minimum absolute atomic E-state index is 0.0320. The molecule has 71 heavy (non-hydrogen) atoms. The van der Waals surface area contributed by atoms with Crippen molar-refractivity contribution in [2.24, 2.45) is 0 Å².